The molecule has 1 unspecified atom stereocenters. The molecule has 3 nitrogen and oxygen atoms in total. The number of methoxy groups -OCH3 is 1. The van der Waals surface area contributed by atoms with Gasteiger partial charge in [-0.25, -0.2) is 0 Å². The quantitative estimate of drug-likeness (QED) is 0.615. The maximum atomic E-state index is 6.43. The summed E-state index contributed by atoms with van der Waals surface area (Å²) in [5, 5.41) is 0. The van der Waals surface area contributed by atoms with Gasteiger partial charge in [0.25, 0.3) is 0 Å². The van der Waals surface area contributed by atoms with Crippen LogP contribution in [-0.4, -0.2) is 18.2 Å². The summed E-state index contributed by atoms with van der Waals surface area (Å²) < 4.78 is 11.9. The Morgan fingerprint density at radius 1 is 0.852 bits per heavy atom. The summed E-state index contributed by atoms with van der Waals surface area (Å²) in [4.78, 5) is 2.42. The Hall–Kier alpha value is -2.78. The van der Waals surface area contributed by atoms with Crippen molar-refractivity contribution < 1.29 is 9.47 Å². The van der Waals surface area contributed by atoms with Gasteiger partial charge in [0, 0.05) is 25.1 Å². The van der Waals surface area contributed by atoms with Crippen molar-refractivity contribution in [1.29, 1.82) is 0 Å². The van der Waals surface area contributed by atoms with Crippen LogP contribution in [0.4, 0.5) is 0 Å². The number of hydrogen-bond acceptors (Lipinski definition) is 3. The molecule has 0 saturated carbocycles. The van der Waals surface area contributed by atoms with Gasteiger partial charge in [0.1, 0.15) is 11.5 Å². The van der Waals surface area contributed by atoms with E-state index in [9.17, 15) is 0 Å². The van der Waals surface area contributed by atoms with Crippen molar-refractivity contribution in [3.8, 4) is 11.5 Å². The molecule has 1 aliphatic rings. The Morgan fingerprint density at radius 3 is 2.07 bits per heavy atom. The molecule has 3 aromatic rings. The minimum absolute atomic E-state index is 0.0463. The van der Waals surface area contributed by atoms with Crippen molar-refractivity contribution in [1.82, 2.24) is 4.90 Å². The molecule has 0 amide bonds. The first-order chi connectivity index (χ1) is 13.3. The van der Waals surface area contributed by atoms with Crippen molar-refractivity contribution >= 4 is 0 Å². The Kier molecular flexibility index (Phi) is 5.40. The van der Waals surface area contributed by atoms with E-state index in [1.54, 1.807) is 7.11 Å². The number of rotatable bonds is 6. The summed E-state index contributed by atoms with van der Waals surface area (Å²) in [5.74, 6) is 1.86. The molecule has 0 N–H and O–H groups in total. The van der Waals surface area contributed by atoms with Crippen molar-refractivity contribution in [2.75, 3.05) is 7.11 Å². The second-order valence-electron chi connectivity index (χ2n) is 6.92. The van der Waals surface area contributed by atoms with Crippen LogP contribution in [-0.2, 0) is 19.5 Å². The smallest absolute Gasteiger partial charge is 0.153 e. The van der Waals surface area contributed by atoms with Gasteiger partial charge in [0.05, 0.1) is 7.11 Å². The molecule has 0 fully saturated rings. The van der Waals surface area contributed by atoms with Crippen LogP contribution in [0.2, 0.25) is 0 Å². The van der Waals surface area contributed by atoms with E-state index in [1.165, 1.54) is 16.7 Å². The van der Waals surface area contributed by atoms with Crippen LogP contribution in [0.1, 0.15) is 23.1 Å². The van der Waals surface area contributed by atoms with Gasteiger partial charge in [0.15, 0.2) is 6.23 Å². The molecule has 3 heteroatoms. The molecular formula is C24H25NO2. The fraction of sp³-hybridized carbons (Fsp3) is 0.250. The molecule has 0 aliphatic carbocycles. The highest BCUT2D eigenvalue weighted by atomic mass is 16.5. The molecule has 0 spiro atoms. The third-order valence-corrected chi connectivity index (χ3v) is 5.08. The van der Waals surface area contributed by atoms with Crippen LogP contribution in [0.25, 0.3) is 0 Å². The van der Waals surface area contributed by atoms with Crippen LogP contribution >= 0.6 is 0 Å². The lowest BCUT2D eigenvalue weighted by molar-refractivity contribution is -0.00268. The molecule has 27 heavy (non-hydrogen) atoms. The normalized spacial score (nSPS) is 15.9. The molecular weight excluding hydrogens is 334 g/mol. The van der Waals surface area contributed by atoms with Crippen molar-refractivity contribution in [2.24, 2.45) is 0 Å². The summed E-state index contributed by atoms with van der Waals surface area (Å²) in [7, 11) is 1.72. The Morgan fingerprint density at radius 2 is 1.48 bits per heavy atom. The third kappa shape index (κ3) is 4.15. The first-order valence-corrected chi connectivity index (χ1v) is 9.48. The fourth-order valence-electron chi connectivity index (χ4n) is 3.72. The zero-order valence-electron chi connectivity index (χ0n) is 15.7. The topological polar surface area (TPSA) is 21.7 Å². The Bertz CT molecular complexity index is 823. The van der Waals surface area contributed by atoms with E-state index in [1.807, 2.05) is 18.2 Å². The van der Waals surface area contributed by atoms with Crippen molar-refractivity contribution in [3.05, 3.63) is 95.6 Å². The number of ether oxygens (including phenoxy) is 2. The number of hydrogen-bond donors (Lipinski definition) is 0. The minimum Gasteiger partial charge on any atom is -0.496 e. The third-order valence-electron chi connectivity index (χ3n) is 5.08. The molecule has 4 rings (SSSR count). The molecule has 0 bridgehead atoms. The number of nitrogens with zero attached hydrogens (tertiary/aromatic N) is 1. The van der Waals surface area contributed by atoms with E-state index in [0.717, 1.165) is 37.4 Å². The van der Waals surface area contributed by atoms with E-state index in [2.05, 4.69) is 65.6 Å². The lowest BCUT2D eigenvalue weighted by Crippen LogP contribution is -2.41. The van der Waals surface area contributed by atoms with Gasteiger partial charge < -0.3 is 9.47 Å². The second kappa shape index (κ2) is 8.28. The predicted octanol–water partition coefficient (Wildman–Crippen LogP) is 5.05. The van der Waals surface area contributed by atoms with Crippen LogP contribution in [0.3, 0.4) is 0 Å². The highest BCUT2D eigenvalue weighted by Gasteiger charge is 2.27. The number of fused-ring (bicyclic) bond motifs is 1. The van der Waals surface area contributed by atoms with Gasteiger partial charge in [-0.05, 0) is 29.7 Å². The summed E-state index contributed by atoms with van der Waals surface area (Å²) in [6.07, 6.45) is 1.96. The average molecular weight is 359 g/mol. The van der Waals surface area contributed by atoms with Crippen molar-refractivity contribution in [2.45, 2.75) is 32.2 Å². The minimum atomic E-state index is 0.0463. The standard InChI is InChI=1S/C24H25NO2/c1-26-22-13-8-14-23-21(22)15-16-24(27-23)25(17-19-9-4-2-5-10-19)18-20-11-6-3-7-12-20/h2-14,24H,15-18H2,1H3. The van der Waals surface area contributed by atoms with E-state index < -0.39 is 0 Å². The maximum absolute atomic E-state index is 6.43. The molecule has 1 heterocycles. The van der Waals surface area contributed by atoms with Gasteiger partial charge >= 0.3 is 0 Å². The lowest BCUT2D eigenvalue weighted by atomic mass is 10.0. The van der Waals surface area contributed by atoms with Crippen LogP contribution in [0.15, 0.2) is 78.9 Å². The SMILES string of the molecule is COc1cccc2c1CCC(N(Cc1ccccc1)Cc1ccccc1)O2. The fourth-order valence-corrected chi connectivity index (χ4v) is 3.72. The molecule has 0 radical (unpaired) electrons. The molecule has 1 aliphatic heterocycles. The van der Waals surface area contributed by atoms with Gasteiger partial charge in [0.2, 0.25) is 0 Å². The first kappa shape index (κ1) is 17.6. The highest BCUT2D eigenvalue weighted by Crippen LogP contribution is 2.35. The predicted molar refractivity (Wildman–Crippen MR) is 108 cm³/mol. The van der Waals surface area contributed by atoms with E-state index >= 15 is 0 Å². The Labute approximate surface area is 161 Å². The molecule has 138 valence electrons. The molecule has 0 saturated heterocycles. The van der Waals surface area contributed by atoms with E-state index in [-0.39, 0.29) is 6.23 Å². The van der Waals surface area contributed by atoms with E-state index in [4.69, 9.17) is 9.47 Å². The highest BCUT2D eigenvalue weighted by molar-refractivity contribution is 5.46. The first-order valence-electron chi connectivity index (χ1n) is 9.48. The van der Waals surface area contributed by atoms with Crippen molar-refractivity contribution in [3.63, 3.8) is 0 Å². The molecule has 3 aromatic carbocycles. The molecule has 1 atom stereocenters. The summed E-state index contributed by atoms with van der Waals surface area (Å²) >= 11 is 0. The largest absolute Gasteiger partial charge is 0.496 e. The zero-order chi connectivity index (χ0) is 18.5. The van der Waals surface area contributed by atoms with Gasteiger partial charge in [-0.2, -0.15) is 0 Å². The lowest BCUT2D eigenvalue weighted by Gasteiger charge is -2.36. The number of benzene rings is 3. The van der Waals surface area contributed by atoms with Crippen LogP contribution in [0.5, 0.6) is 11.5 Å². The molecule has 0 aromatic heterocycles. The van der Waals surface area contributed by atoms with Gasteiger partial charge in [-0.1, -0.05) is 66.7 Å². The zero-order valence-corrected chi connectivity index (χ0v) is 15.7. The maximum Gasteiger partial charge on any atom is 0.153 e. The monoisotopic (exact) mass is 359 g/mol. The van der Waals surface area contributed by atoms with Gasteiger partial charge in [-0.3, -0.25) is 4.90 Å². The summed E-state index contributed by atoms with van der Waals surface area (Å²) in [6.45, 7) is 1.72. The van der Waals surface area contributed by atoms with E-state index in [0.29, 0.717) is 0 Å². The second-order valence-corrected chi connectivity index (χ2v) is 6.92. The summed E-state index contributed by atoms with van der Waals surface area (Å²) in [6, 6.07) is 27.3. The summed E-state index contributed by atoms with van der Waals surface area (Å²) in [5.41, 5.74) is 3.78. The van der Waals surface area contributed by atoms with Crippen LogP contribution in [0, 0.1) is 0 Å². The van der Waals surface area contributed by atoms with Gasteiger partial charge in [-0.15, -0.1) is 0 Å². The Balaban J connectivity index is 1.58. The average Bonchev–Trinajstić information content (AvgIpc) is 2.74. The van der Waals surface area contributed by atoms with Crippen LogP contribution < -0.4 is 9.47 Å².